The third-order valence-electron chi connectivity index (χ3n) is 2.63. The number of hydrogen-bond donors (Lipinski definition) is 1. The Morgan fingerprint density at radius 1 is 0.875 bits per heavy atom. The molecule has 16 heavy (non-hydrogen) atoms. The van der Waals surface area contributed by atoms with E-state index in [1.807, 2.05) is 0 Å². The van der Waals surface area contributed by atoms with Crippen LogP contribution in [0, 0.1) is 0 Å². The maximum atomic E-state index is 3.44. The first-order chi connectivity index (χ1) is 7.43. The van der Waals surface area contributed by atoms with E-state index in [-0.39, 0.29) is 4.70 Å². The molecule has 0 bridgehead atoms. The third kappa shape index (κ3) is 7.27. The summed E-state index contributed by atoms with van der Waals surface area (Å²) in [6, 6.07) is 10.4. The minimum absolute atomic E-state index is 0. The first-order valence-corrected chi connectivity index (χ1v) is 6.22. The van der Waals surface area contributed by atoms with Crippen LogP contribution in [0.25, 0.3) is 0 Å². The number of hydrogen-bond acceptors (Lipinski definition) is 1. The zero-order valence-corrected chi connectivity index (χ0v) is 10.2. The fraction of sp³-hybridized carbons (Fsp3) is 0.571. The zero-order valence-electron chi connectivity index (χ0n) is 10.2. The second kappa shape index (κ2) is 10.5. The van der Waals surface area contributed by atoms with Crippen molar-refractivity contribution in [3.05, 3.63) is 30.3 Å². The largest absolute Gasteiger partial charge is 0.385 e. The summed E-state index contributed by atoms with van der Waals surface area (Å²) in [6.45, 7) is 3.37. The van der Waals surface area contributed by atoms with E-state index in [0.717, 1.165) is 6.54 Å². The van der Waals surface area contributed by atoms with Crippen LogP contribution < -0.4 is 5.32 Å². The second-order valence-electron chi connectivity index (χ2n) is 4.06. The van der Waals surface area contributed by atoms with E-state index in [9.17, 15) is 0 Å². The molecule has 2 heteroatoms. The topological polar surface area (TPSA) is 12.0 Å². The third-order valence-corrected chi connectivity index (χ3v) is 2.63. The van der Waals surface area contributed by atoms with Gasteiger partial charge in [0.15, 0.2) is 0 Å². The first kappa shape index (κ1) is 14.9. The Morgan fingerprint density at radius 2 is 1.50 bits per heavy atom. The number of para-hydroxylation sites is 1. The maximum Gasteiger partial charge on any atom is 0.0340 e. The van der Waals surface area contributed by atoms with Crippen LogP contribution >= 0.6 is 0 Å². The number of anilines is 1. The number of rotatable bonds is 8. The highest BCUT2D eigenvalue weighted by Gasteiger charge is 1.91. The molecule has 1 aromatic rings. The zero-order chi connectivity index (χ0) is 10.8. The maximum absolute atomic E-state index is 3.44. The van der Waals surface area contributed by atoms with Crippen molar-refractivity contribution in [1.82, 2.24) is 0 Å². The van der Waals surface area contributed by atoms with Gasteiger partial charge < -0.3 is 5.32 Å². The van der Waals surface area contributed by atoms with Gasteiger partial charge in [-0.15, -0.1) is 0 Å². The van der Waals surface area contributed by atoms with Crippen molar-refractivity contribution in [3.63, 3.8) is 0 Å². The molecule has 0 spiro atoms. The number of unbranched alkanes of at least 4 members (excludes halogenated alkanes) is 5. The van der Waals surface area contributed by atoms with Crippen molar-refractivity contribution in [2.75, 3.05) is 11.9 Å². The Labute approximate surface area is 98.6 Å². The van der Waals surface area contributed by atoms with E-state index >= 15 is 0 Å². The SMILES string of the molecule is CCCCCCCCNc1ccccc1.F. The molecule has 0 saturated carbocycles. The highest BCUT2D eigenvalue weighted by atomic mass is 19.0. The Kier molecular flexibility index (Phi) is 9.78. The summed E-state index contributed by atoms with van der Waals surface area (Å²) < 4.78 is 0. The van der Waals surface area contributed by atoms with Crippen molar-refractivity contribution < 1.29 is 4.70 Å². The lowest BCUT2D eigenvalue weighted by atomic mass is 10.1. The Balaban J connectivity index is 0.00000225. The minimum Gasteiger partial charge on any atom is -0.385 e. The normalized spacial score (nSPS) is 9.56. The van der Waals surface area contributed by atoms with Crippen LogP contribution in [0.15, 0.2) is 30.3 Å². The fourth-order valence-corrected chi connectivity index (χ4v) is 1.69. The summed E-state index contributed by atoms with van der Waals surface area (Å²) in [5, 5.41) is 3.44. The summed E-state index contributed by atoms with van der Waals surface area (Å²) >= 11 is 0. The molecular weight excluding hydrogens is 201 g/mol. The van der Waals surface area contributed by atoms with Gasteiger partial charge in [-0.3, -0.25) is 4.70 Å². The van der Waals surface area contributed by atoms with E-state index in [2.05, 4.69) is 42.6 Å². The molecule has 1 N–H and O–H groups in total. The molecule has 0 unspecified atom stereocenters. The highest BCUT2D eigenvalue weighted by Crippen LogP contribution is 2.07. The van der Waals surface area contributed by atoms with Crippen LogP contribution in [-0.2, 0) is 0 Å². The van der Waals surface area contributed by atoms with Crippen LogP contribution in [0.2, 0.25) is 0 Å². The predicted octanol–water partition coefficient (Wildman–Crippen LogP) is 4.61. The summed E-state index contributed by atoms with van der Waals surface area (Å²) in [4.78, 5) is 0. The van der Waals surface area contributed by atoms with Crippen molar-refractivity contribution in [3.8, 4) is 0 Å². The van der Waals surface area contributed by atoms with Gasteiger partial charge in [-0.2, -0.15) is 0 Å². The monoisotopic (exact) mass is 225 g/mol. The van der Waals surface area contributed by atoms with Crippen LogP contribution in [0.3, 0.4) is 0 Å². The predicted molar refractivity (Wildman–Crippen MR) is 70.8 cm³/mol. The summed E-state index contributed by atoms with van der Waals surface area (Å²) in [5.41, 5.74) is 1.24. The van der Waals surface area contributed by atoms with E-state index in [4.69, 9.17) is 0 Å². The molecule has 1 nitrogen and oxygen atoms in total. The molecule has 0 radical (unpaired) electrons. The molecule has 0 aliphatic heterocycles. The Hall–Kier alpha value is -1.05. The summed E-state index contributed by atoms with van der Waals surface area (Å²) in [5.74, 6) is 0. The number of benzene rings is 1. The lowest BCUT2D eigenvalue weighted by Crippen LogP contribution is -2.00. The Morgan fingerprint density at radius 3 is 2.19 bits per heavy atom. The van der Waals surface area contributed by atoms with Gasteiger partial charge >= 0.3 is 0 Å². The van der Waals surface area contributed by atoms with Crippen molar-refractivity contribution in [1.29, 1.82) is 0 Å². The van der Waals surface area contributed by atoms with Crippen LogP contribution in [-0.4, -0.2) is 6.54 Å². The quantitative estimate of drug-likeness (QED) is 0.637. The molecule has 0 aliphatic carbocycles. The van der Waals surface area contributed by atoms with Crippen LogP contribution in [0.1, 0.15) is 45.4 Å². The average molecular weight is 225 g/mol. The highest BCUT2D eigenvalue weighted by molar-refractivity contribution is 5.42. The molecule has 0 atom stereocenters. The van der Waals surface area contributed by atoms with Gasteiger partial charge in [0.25, 0.3) is 0 Å². The van der Waals surface area contributed by atoms with Crippen LogP contribution in [0.4, 0.5) is 10.4 Å². The molecular formula is C14H24FN. The number of halogens is 1. The van der Waals surface area contributed by atoms with Crippen molar-refractivity contribution in [2.45, 2.75) is 45.4 Å². The van der Waals surface area contributed by atoms with Gasteiger partial charge in [0.05, 0.1) is 0 Å². The van der Waals surface area contributed by atoms with Crippen molar-refractivity contribution in [2.24, 2.45) is 0 Å². The average Bonchev–Trinajstić information content (AvgIpc) is 2.29. The van der Waals surface area contributed by atoms with E-state index in [1.54, 1.807) is 0 Å². The molecule has 0 saturated heterocycles. The summed E-state index contributed by atoms with van der Waals surface area (Å²) in [7, 11) is 0. The standard InChI is InChI=1S/C14H23N.FH/c1-2-3-4-5-6-10-13-15-14-11-8-7-9-12-14;/h7-9,11-12,15H,2-6,10,13H2,1H3;1H. The van der Waals surface area contributed by atoms with E-state index < -0.39 is 0 Å². The smallest absolute Gasteiger partial charge is 0.0340 e. The fourth-order valence-electron chi connectivity index (χ4n) is 1.69. The molecule has 0 fully saturated rings. The second-order valence-corrected chi connectivity index (χ2v) is 4.06. The van der Waals surface area contributed by atoms with Gasteiger partial charge in [0.1, 0.15) is 0 Å². The summed E-state index contributed by atoms with van der Waals surface area (Å²) in [6.07, 6.45) is 8.18. The molecule has 0 amide bonds. The lowest BCUT2D eigenvalue weighted by molar-refractivity contribution is 0.617. The molecule has 0 heterocycles. The Bertz CT molecular complexity index is 236. The molecule has 0 aliphatic rings. The van der Waals surface area contributed by atoms with Crippen molar-refractivity contribution >= 4 is 5.69 Å². The minimum atomic E-state index is 0. The lowest BCUT2D eigenvalue weighted by Gasteiger charge is -2.05. The van der Waals surface area contributed by atoms with E-state index in [0.29, 0.717) is 0 Å². The molecule has 1 aromatic carbocycles. The molecule has 92 valence electrons. The molecule has 1 rings (SSSR count). The van der Waals surface area contributed by atoms with Gasteiger partial charge in [-0.25, -0.2) is 0 Å². The van der Waals surface area contributed by atoms with Gasteiger partial charge in [0, 0.05) is 12.2 Å². The number of nitrogens with one attached hydrogen (secondary N) is 1. The van der Waals surface area contributed by atoms with E-state index in [1.165, 1.54) is 44.2 Å². The van der Waals surface area contributed by atoms with Gasteiger partial charge in [0.2, 0.25) is 0 Å². The van der Waals surface area contributed by atoms with Gasteiger partial charge in [-0.1, -0.05) is 57.2 Å². The molecule has 0 aromatic heterocycles. The van der Waals surface area contributed by atoms with Gasteiger partial charge in [-0.05, 0) is 18.6 Å². The van der Waals surface area contributed by atoms with Crippen LogP contribution in [0.5, 0.6) is 0 Å². The first-order valence-electron chi connectivity index (χ1n) is 6.22.